The van der Waals surface area contributed by atoms with Gasteiger partial charge in [0, 0.05) is 13.1 Å². The molecule has 0 radical (unpaired) electrons. The largest absolute Gasteiger partial charge is 0.416 e. The van der Waals surface area contributed by atoms with Crippen molar-refractivity contribution in [2.24, 2.45) is 0 Å². The number of hydrogen-bond acceptors (Lipinski definition) is 6. The van der Waals surface area contributed by atoms with E-state index >= 15 is 0 Å². The quantitative estimate of drug-likeness (QED) is 0.347. The van der Waals surface area contributed by atoms with Crippen LogP contribution in [0.3, 0.4) is 0 Å². The number of morpholine rings is 1. The summed E-state index contributed by atoms with van der Waals surface area (Å²) in [4.78, 5) is 6.25. The molecule has 2 aromatic carbocycles. The number of likely N-dealkylation sites (N-methyl/N-ethyl adjacent to an activating group) is 1. The molecule has 14 heteroatoms. The molecule has 3 aromatic rings. The molecule has 1 saturated heterocycles. The number of nitrogens with zero attached hydrogens (tertiary/aromatic N) is 4. The van der Waals surface area contributed by atoms with Crippen molar-refractivity contribution in [2.45, 2.75) is 50.8 Å². The summed E-state index contributed by atoms with van der Waals surface area (Å²) in [5, 5.41) is 7.47. The third kappa shape index (κ3) is 7.36. The summed E-state index contributed by atoms with van der Waals surface area (Å²) in [6, 6.07) is 6.19. The lowest BCUT2D eigenvalue weighted by Crippen LogP contribution is -2.46. The van der Waals surface area contributed by atoms with E-state index in [2.05, 4.69) is 15.4 Å². The molecule has 7 nitrogen and oxygen atoms in total. The summed E-state index contributed by atoms with van der Waals surface area (Å²) in [5.74, 6) is 0.0102. The van der Waals surface area contributed by atoms with Gasteiger partial charge in [0.25, 0.3) is 0 Å². The fourth-order valence-corrected chi connectivity index (χ4v) is 4.42. The van der Waals surface area contributed by atoms with E-state index in [-0.39, 0.29) is 24.8 Å². The number of aromatic nitrogens is 3. The van der Waals surface area contributed by atoms with Crippen LogP contribution in [0.15, 0.2) is 48.8 Å². The second-order valence-electron chi connectivity index (χ2n) is 9.35. The molecule has 0 spiro atoms. The molecule has 1 fully saturated rings. The van der Waals surface area contributed by atoms with Crippen molar-refractivity contribution in [3.63, 3.8) is 0 Å². The van der Waals surface area contributed by atoms with Crippen LogP contribution in [0.25, 0.3) is 0 Å². The van der Waals surface area contributed by atoms with Crippen molar-refractivity contribution >= 4 is 0 Å². The number of halogens is 7. The molecule has 3 atom stereocenters. The summed E-state index contributed by atoms with van der Waals surface area (Å²) in [5.41, 5.74) is -2.61. The molecule has 218 valence electrons. The Morgan fingerprint density at radius 3 is 2.30 bits per heavy atom. The van der Waals surface area contributed by atoms with Crippen molar-refractivity contribution in [2.75, 3.05) is 26.7 Å². The smallest absolute Gasteiger partial charge is 0.349 e. The predicted molar refractivity (Wildman–Crippen MR) is 129 cm³/mol. The van der Waals surface area contributed by atoms with E-state index in [0.717, 1.165) is 0 Å². The molecule has 4 rings (SSSR count). The highest BCUT2D eigenvalue weighted by molar-refractivity contribution is 5.34. The minimum atomic E-state index is -4.99. The summed E-state index contributed by atoms with van der Waals surface area (Å²) in [7, 11) is 1.81. The SMILES string of the molecule is CNCCn1cnc(CN2CCO[C@H](O[C@H](C)c3cc(C(F)(F)F)cc(C(F)(F)F)c3)[C@@H]2c2ccc(F)cc2)n1. The lowest BCUT2D eigenvalue weighted by molar-refractivity contribution is -0.231. The zero-order chi connectivity index (χ0) is 29.1. The van der Waals surface area contributed by atoms with Crippen LogP contribution in [0.2, 0.25) is 0 Å². The van der Waals surface area contributed by atoms with E-state index in [4.69, 9.17) is 9.47 Å². The molecule has 1 N–H and O–H groups in total. The summed E-state index contributed by atoms with van der Waals surface area (Å²) in [6.07, 6.45) is -10.7. The summed E-state index contributed by atoms with van der Waals surface area (Å²) >= 11 is 0. The van der Waals surface area contributed by atoms with E-state index < -0.39 is 47.7 Å². The second kappa shape index (κ2) is 12.2. The van der Waals surface area contributed by atoms with Crippen LogP contribution in [-0.2, 0) is 34.9 Å². The number of nitrogens with one attached hydrogen (secondary N) is 1. The van der Waals surface area contributed by atoms with Gasteiger partial charge in [0.05, 0.1) is 43.0 Å². The van der Waals surface area contributed by atoms with E-state index in [1.807, 2.05) is 11.9 Å². The highest BCUT2D eigenvalue weighted by Gasteiger charge is 2.39. The van der Waals surface area contributed by atoms with Crippen LogP contribution < -0.4 is 5.32 Å². The van der Waals surface area contributed by atoms with Crippen LogP contribution in [0.5, 0.6) is 0 Å². The van der Waals surface area contributed by atoms with Gasteiger partial charge in [-0.1, -0.05) is 12.1 Å². The van der Waals surface area contributed by atoms with E-state index in [1.165, 1.54) is 31.2 Å². The van der Waals surface area contributed by atoms with Gasteiger partial charge in [-0.15, -0.1) is 0 Å². The summed E-state index contributed by atoms with van der Waals surface area (Å²) in [6.45, 7) is 3.42. The first kappa shape index (κ1) is 29.9. The topological polar surface area (TPSA) is 64.4 Å². The molecule has 0 aliphatic carbocycles. The Morgan fingerprint density at radius 2 is 1.70 bits per heavy atom. The zero-order valence-electron chi connectivity index (χ0n) is 21.6. The highest BCUT2D eigenvalue weighted by Crippen LogP contribution is 2.39. The van der Waals surface area contributed by atoms with Crippen molar-refractivity contribution < 1.29 is 40.2 Å². The van der Waals surface area contributed by atoms with Gasteiger partial charge < -0.3 is 14.8 Å². The Balaban J connectivity index is 1.63. The lowest BCUT2D eigenvalue weighted by Gasteiger charge is -2.41. The molecular weight excluding hydrogens is 547 g/mol. The Hall–Kier alpha value is -3.07. The standard InChI is InChI=1S/C26H28F7N5O2/c1-16(18-11-19(25(28,29)30)13-20(12-18)26(31,32)33)40-24-23(17-3-5-21(27)6-4-17)37(9-10-39-24)14-22-35-15-38(36-22)8-7-34-2/h3-6,11-13,15-16,23-24,34H,7-10,14H2,1-2H3/t16-,23+,24-/m1/s1. The van der Waals surface area contributed by atoms with Gasteiger partial charge in [-0.25, -0.2) is 9.37 Å². The van der Waals surface area contributed by atoms with Gasteiger partial charge in [-0.05, 0) is 55.4 Å². The number of hydrogen-bond donors (Lipinski definition) is 1. The maximum absolute atomic E-state index is 13.7. The first-order valence-corrected chi connectivity index (χ1v) is 12.4. The molecule has 40 heavy (non-hydrogen) atoms. The van der Waals surface area contributed by atoms with Gasteiger partial charge >= 0.3 is 12.4 Å². The number of alkyl halides is 6. The monoisotopic (exact) mass is 575 g/mol. The maximum Gasteiger partial charge on any atom is 0.416 e. The van der Waals surface area contributed by atoms with Gasteiger partial charge in [-0.3, -0.25) is 9.58 Å². The molecule has 0 amide bonds. The van der Waals surface area contributed by atoms with E-state index in [9.17, 15) is 30.7 Å². The number of benzene rings is 2. The fourth-order valence-electron chi connectivity index (χ4n) is 4.42. The fraction of sp³-hybridized carbons (Fsp3) is 0.462. The minimum absolute atomic E-state index is 0.0685. The van der Waals surface area contributed by atoms with Gasteiger partial charge in [0.1, 0.15) is 12.1 Å². The Bertz CT molecular complexity index is 1230. The molecule has 2 heterocycles. The van der Waals surface area contributed by atoms with Crippen LogP contribution in [-0.4, -0.2) is 52.7 Å². The molecule has 0 saturated carbocycles. The number of ether oxygens (including phenoxy) is 2. The second-order valence-corrected chi connectivity index (χ2v) is 9.35. The van der Waals surface area contributed by atoms with Crippen molar-refractivity contribution in [1.29, 1.82) is 0 Å². The van der Waals surface area contributed by atoms with E-state index in [0.29, 0.717) is 43.2 Å². The van der Waals surface area contributed by atoms with Crippen LogP contribution in [0, 0.1) is 5.82 Å². The van der Waals surface area contributed by atoms with Crippen molar-refractivity contribution in [3.8, 4) is 0 Å². The normalized spacial score (nSPS) is 19.6. The van der Waals surface area contributed by atoms with Gasteiger partial charge in [-0.2, -0.15) is 31.4 Å². The lowest BCUT2D eigenvalue weighted by atomic mass is 10.0. The maximum atomic E-state index is 13.7. The van der Waals surface area contributed by atoms with E-state index in [1.54, 1.807) is 11.0 Å². The summed E-state index contributed by atoms with van der Waals surface area (Å²) < 4.78 is 108. The Labute approximate surface area is 225 Å². The Kier molecular flexibility index (Phi) is 9.12. The molecular formula is C26H28F7N5O2. The first-order valence-electron chi connectivity index (χ1n) is 12.4. The third-order valence-electron chi connectivity index (χ3n) is 6.46. The average molecular weight is 576 g/mol. The molecule has 1 aromatic heterocycles. The van der Waals surface area contributed by atoms with Crippen molar-refractivity contribution in [3.05, 3.63) is 82.7 Å². The predicted octanol–water partition coefficient (Wildman–Crippen LogP) is 5.35. The van der Waals surface area contributed by atoms with Crippen LogP contribution in [0.1, 0.15) is 47.1 Å². The van der Waals surface area contributed by atoms with Crippen molar-refractivity contribution in [1.82, 2.24) is 25.0 Å². The molecule has 1 aliphatic rings. The molecule has 1 aliphatic heterocycles. The Morgan fingerprint density at radius 1 is 1.05 bits per heavy atom. The zero-order valence-corrected chi connectivity index (χ0v) is 21.6. The number of rotatable bonds is 9. The minimum Gasteiger partial charge on any atom is -0.349 e. The highest BCUT2D eigenvalue weighted by atomic mass is 19.4. The van der Waals surface area contributed by atoms with Crippen LogP contribution >= 0.6 is 0 Å². The molecule has 0 bridgehead atoms. The van der Waals surface area contributed by atoms with Crippen LogP contribution in [0.4, 0.5) is 30.7 Å². The first-order chi connectivity index (χ1) is 18.8. The average Bonchev–Trinajstić information content (AvgIpc) is 3.34. The molecule has 0 unspecified atom stereocenters. The third-order valence-corrected chi connectivity index (χ3v) is 6.46. The van der Waals surface area contributed by atoms with Gasteiger partial charge in [0.2, 0.25) is 0 Å². The van der Waals surface area contributed by atoms with Gasteiger partial charge in [0.15, 0.2) is 12.1 Å².